The number of nitrogens with one attached hydrogen (secondary N) is 1. The van der Waals surface area contributed by atoms with E-state index in [1.165, 1.54) is 0 Å². The van der Waals surface area contributed by atoms with Crippen LogP contribution < -0.4 is 11.1 Å². The van der Waals surface area contributed by atoms with Gasteiger partial charge >= 0.3 is 43.5 Å². The van der Waals surface area contributed by atoms with Gasteiger partial charge < -0.3 is 48.1 Å². The molecule has 0 rings (SSSR count). The summed E-state index contributed by atoms with van der Waals surface area (Å²) in [4.78, 5) is 0. The van der Waals surface area contributed by atoms with E-state index in [4.69, 9.17) is 42.8 Å². The van der Waals surface area contributed by atoms with E-state index in [1.807, 2.05) is 19.6 Å². The highest BCUT2D eigenvalue weighted by molar-refractivity contribution is 6.94. The van der Waals surface area contributed by atoms with Crippen molar-refractivity contribution in [2.24, 2.45) is 5.73 Å². The summed E-state index contributed by atoms with van der Waals surface area (Å²) in [5.41, 5.74) is 5.73. The van der Waals surface area contributed by atoms with Crippen molar-refractivity contribution in [3.8, 4) is 0 Å². The van der Waals surface area contributed by atoms with E-state index < -0.39 is 85.1 Å². The topological polar surface area (TPSA) is 121 Å². The fraction of sp³-hybridized carbons (Fsp3) is 1.00. The van der Waals surface area contributed by atoms with Crippen LogP contribution in [0.3, 0.4) is 0 Å². The van der Waals surface area contributed by atoms with E-state index in [9.17, 15) is 0 Å². The molecule has 0 saturated heterocycles. The van der Waals surface area contributed by atoms with Crippen LogP contribution in [0.1, 0.15) is 6.42 Å². The lowest BCUT2D eigenvalue weighted by Crippen LogP contribution is -2.69. The Morgan fingerprint density at radius 3 is 1.02 bits per heavy atom. The second-order valence-corrected chi connectivity index (χ2v) is 57.5. The van der Waals surface area contributed by atoms with Crippen LogP contribution in [0, 0.1) is 0 Å². The average Bonchev–Trinajstić information content (AvgIpc) is 2.63. The maximum Gasteiger partial charge on any atom is 0.472 e. The molecule has 3 atom stereocenters. The van der Waals surface area contributed by atoms with Crippen molar-refractivity contribution >= 4 is 85.1 Å². The molecule has 0 aromatic carbocycles. The van der Waals surface area contributed by atoms with E-state index in [1.54, 1.807) is 0 Å². The number of nitrogens with two attached hydrogens (primary N) is 1. The predicted molar refractivity (Wildman–Crippen MR) is 222 cm³/mol. The standard InChI is InChI=1S/C26H76N2O9Si10/c1-38(2,3)29-43(16,17)34-44(18,26-22-24-28-25-23-27)35-46(20,32-41(10,11)12)37-47(21,33-42(13,14)15)36-45(19,30-39(4,5)6)31-40(7,8)9/h28H,22-27H2,1-21H3. The van der Waals surface area contributed by atoms with Gasteiger partial charge in [0.15, 0.2) is 41.6 Å². The molecule has 0 aromatic rings. The largest absolute Gasteiger partial charge is 0.472 e. The van der Waals surface area contributed by atoms with Gasteiger partial charge in [-0.2, -0.15) is 0 Å². The highest BCUT2D eigenvalue weighted by Crippen LogP contribution is 2.35. The first-order valence-corrected chi connectivity index (χ1v) is 46.2. The molecule has 0 radical (unpaired) electrons. The van der Waals surface area contributed by atoms with Crippen LogP contribution in [-0.4, -0.2) is 105 Å². The summed E-state index contributed by atoms with van der Waals surface area (Å²) in [6, 6.07) is 0.745. The second kappa shape index (κ2) is 17.7. The molecule has 0 bridgehead atoms. The van der Waals surface area contributed by atoms with Gasteiger partial charge in [-0.15, -0.1) is 0 Å². The Balaban J connectivity index is 7.07. The minimum Gasteiger partial charge on any atom is -0.437 e. The predicted octanol–water partition coefficient (Wildman–Crippen LogP) is 7.73. The zero-order valence-corrected chi connectivity index (χ0v) is 44.3. The van der Waals surface area contributed by atoms with Gasteiger partial charge in [-0.25, -0.2) is 0 Å². The maximum atomic E-state index is 7.29. The van der Waals surface area contributed by atoms with Crippen LogP contribution in [0.25, 0.3) is 0 Å². The minimum absolute atomic E-state index is 0.597. The highest BCUT2D eigenvalue weighted by atomic mass is 28.6. The summed E-state index contributed by atoms with van der Waals surface area (Å²) in [5, 5.41) is 3.42. The summed E-state index contributed by atoms with van der Waals surface area (Å²) >= 11 is 0. The molecule has 21 heteroatoms. The molecule has 0 aliphatic heterocycles. The average molecular weight is 842 g/mol. The smallest absolute Gasteiger partial charge is 0.437 e. The summed E-state index contributed by atoms with van der Waals surface area (Å²) in [6.45, 7) is 47.1. The fourth-order valence-corrected chi connectivity index (χ4v) is 49.6. The van der Waals surface area contributed by atoms with E-state index in [-0.39, 0.29) is 0 Å². The Morgan fingerprint density at radius 1 is 0.383 bits per heavy atom. The van der Waals surface area contributed by atoms with Crippen LogP contribution in [-0.2, 0) is 37.0 Å². The molecule has 3 N–H and O–H groups in total. The SMILES string of the molecule is C[Si](C)(C)O[Si](C)(C)O[Si](C)(CCCNCCN)O[Si](C)(O[Si](C)(C)C)O[Si](C)(O[Si](C)(C)C)O[Si](C)(O[Si](C)(C)C)O[Si](C)(C)C. The number of hydrogen-bond acceptors (Lipinski definition) is 11. The first-order valence-electron chi connectivity index (χ1n) is 17.1. The molecule has 11 nitrogen and oxygen atoms in total. The van der Waals surface area contributed by atoms with Crippen LogP contribution in [0.4, 0.5) is 0 Å². The van der Waals surface area contributed by atoms with Crippen molar-refractivity contribution in [2.75, 3.05) is 19.6 Å². The highest BCUT2D eigenvalue weighted by Gasteiger charge is 2.59. The lowest BCUT2D eigenvalue weighted by molar-refractivity contribution is 0.144. The van der Waals surface area contributed by atoms with E-state index in [0.29, 0.717) is 6.54 Å². The van der Waals surface area contributed by atoms with Gasteiger partial charge in [0, 0.05) is 32.7 Å². The van der Waals surface area contributed by atoms with E-state index >= 15 is 0 Å². The molecule has 284 valence electrons. The number of rotatable bonds is 24. The molecule has 3 unspecified atom stereocenters. The van der Waals surface area contributed by atoms with Gasteiger partial charge in [0.1, 0.15) is 0 Å². The van der Waals surface area contributed by atoms with Gasteiger partial charge in [0.05, 0.1) is 0 Å². The molecule has 0 aromatic heterocycles. The van der Waals surface area contributed by atoms with Crippen LogP contribution >= 0.6 is 0 Å². The molecule has 0 heterocycles. The van der Waals surface area contributed by atoms with Crippen molar-refractivity contribution < 1.29 is 37.0 Å². The van der Waals surface area contributed by atoms with Crippen molar-refractivity contribution in [3.05, 3.63) is 0 Å². The van der Waals surface area contributed by atoms with Crippen LogP contribution in [0.15, 0.2) is 0 Å². The quantitative estimate of drug-likeness (QED) is 0.0734. The Kier molecular flexibility index (Phi) is 18.4. The lowest BCUT2D eigenvalue weighted by Gasteiger charge is -2.47. The Morgan fingerprint density at radius 2 is 0.702 bits per heavy atom. The third-order valence-corrected chi connectivity index (χ3v) is 39.7. The normalized spacial score (nSPS) is 18.5. The first-order chi connectivity index (χ1) is 20.4. The Bertz CT molecular complexity index is 940. The van der Waals surface area contributed by atoms with Gasteiger partial charge in [0.25, 0.3) is 0 Å². The van der Waals surface area contributed by atoms with Crippen molar-refractivity contribution in [3.63, 3.8) is 0 Å². The van der Waals surface area contributed by atoms with Crippen molar-refractivity contribution in [2.45, 2.75) is 150 Å². The second-order valence-electron chi connectivity index (χ2n) is 18.2. The lowest BCUT2D eigenvalue weighted by atomic mass is 10.5. The van der Waals surface area contributed by atoms with Crippen molar-refractivity contribution in [1.82, 2.24) is 5.32 Å². The van der Waals surface area contributed by atoms with Crippen molar-refractivity contribution in [1.29, 1.82) is 0 Å². The molecule has 0 aliphatic rings. The van der Waals surface area contributed by atoms with Gasteiger partial charge in [0.2, 0.25) is 0 Å². The monoisotopic (exact) mass is 840 g/mol. The Labute approximate surface area is 301 Å². The minimum atomic E-state index is -3.52. The van der Waals surface area contributed by atoms with Gasteiger partial charge in [-0.3, -0.25) is 0 Å². The summed E-state index contributed by atoms with van der Waals surface area (Å²) in [7, 11) is -26.3. The third-order valence-electron chi connectivity index (χ3n) is 5.43. The zero-order valence-electron chi connectivity index (χ0n) is 34.3. The molecular weight excluding hydrogens is 765 g/mol. The molecule has 0 spiro atoms. The molecule has 0 saturated carbocycles. The first kappa shape index (κ1) is 48.7. The third kappa shape index (κ3) is 24.6. The molecule has 0 aliphatic carbocycles. The Hall–Kier alpha value is 1.73. The molecule has 47 heavy (non-hydrogen) atoms. The maximum absolute atomic E-state index is 7.29. The van der Waals surface area contributed by atoms with Crippen LogP contribution in [0.2, 0.25) is 144 Å². The molecule has 0 amide bonds. The zero-order chi connectivity index (χ0) is 37.6. The summed E-state index contributed by atoms with van der Waals surface area (Å²) in [5.74, 6) is 0. The van der Waals surface area contributed by atoms with Crippen LogP contribution in [0.5, 0.6) is 0 Å². The van der Waals surface area contributed by atoms with Gasteiger partial charge in [-0.1, -0.05) is 0 Å². The molecule has 0 fully saturated rings. The molecular formula is C26H76N2O9Si10. The van der Waals surface area contributed by atoms with E-state index in [0.717, 1.165) is 25.6 Å². The fourth-order valence-electron chi connectivity index (χ4n) is 5.64. The van der Waals surface area contributed by atoms with Gasteiger partial charge in [-0.05, 0) is 137 Å². The summed E-state index contributed by atoms with van der Waals surface area (Å²) < 4.78 is 62.9. The van der Waals surface area contributed by atoms with E-state index in [2.05, 4.69) is 123 Å². The summed E-state index contributed by atoms with van der Waals surface area (Å²) in [6.07, 6.45) is 0.868. The number of hydrogen-bond donors (Lipinski definition) is 2.